The molecule has 3 nitrogen and oxygen atoms in total. The highest BCUT2D eigenvalue weighted by molar-refractivity contribution is 7.12. The van der Waals surface area contributed by atoms with Crippen LogP contribution in [-0.2, 0) is 12.8 Å². The van der Waals surface area contributed by atoms with E-state index in [0.29, 0.717) is 6.04 Å². The Morgan fingerprint density at radius 1 is 1.38 bits per heavy atom. The van der Waals surface area contributed by atoms with Crippen molar-refractivity contribution < 1.29 is 0 Å². The topological polar surface area (TPSA) is 37.8 Å². The zero-order valence-corrected chi connectivity index (χ0v) is 11.1. The summed E-state index contributed by atoms with van der Waals surface area (Å²) in [5.74, 6) is 0. The van der Waals surface area contributed by atoms with E-state index in [1.54, 1.807) is 0 Å². The lowest BCUT2D eigenvalue weighted by atomic mass is 10.1. The van der Waals surface area contributed by atoms with Crippen molar-refractivity contribution in [3.05, 3.63) is 33.0 Å². The summed E-state index contributed by atoms with van der Waals surface area (Å²) in [6.45, 7) is 2.19. The quantitative estimate of drug-likeness (QED) is 0.890. The van der Waals surface area contributed by atoms with Crippen molar-refractivity contribution in [2.24, 2.45) is 0 Å². The van der Waals surface area contributed by atoms with Crippen molar-refractivity contribution in [3.63, 3.8) is 0 Å². The molecule has 86 valence electrons. The lowest BCUT2D eigenvalue weighted by Crippen LogP contribution is -2.17. The number of aromatic nitrogens is 2. The molecule has 1 unspecified atom stereocenters. The largest absolute Gasteiger partial charge is 0.312 e. The van der Waals surface area contributed by atoms with Gasteiger partial charge in [-0.2, -0.15) is 0 Å². The molecule has 0 saturated carbocycles. The van der Waals surface area contributed by atoms with Crippen LogP contribution in [-0.4, -0.2) is 16.6 Å². The van der Waals surface area contributed by atoms with Crippen LogP contribution in [0.15, 0.2) is 18.3 Å². The van der Waals surface area contributed by atoms with E-state index in [9.17, 15) is 0 Å². The third-order valence-corrected chi connectivity index (χ3v) is 4.57. The Hall–Kier alpha value is -0.780. The van der Waals surface area contributed by atoms with Gasteiger partial charge in [0.05, 0.1) is 11.1 Å². The zero-order valence-electron chi connectivity index (χ0n) is 9.43. The van der Waals surface area contributed by atoms with Gasteiger partial charge in [0, 0.05) is 22.2 Å². The number of likely N-dealkylation sites (N-methyl/N-ethyl adjacent to an activating group) is 1. The maximum atomic E-state index is 3.91. The Kier molecular flexibility index (Phi) is 4.04. The van der Waals surface area contributed by atoms with Crippen molar-refractivity contribution in [1.82, 2.24) is 14.9 Å². The van der Waals surface area contributed by atoms with Crippen LogP contribution in [0.2, 0.25) is 0 Å². The number of hydrogen-bond donors (Lipinski definition) is 1. The van der Waals surface area contributed by atoms with Crippen LogP contribution in [0.5, 0.6) is 0 Å². The van der Waals surface area contributed by atoms with Gasteiger partial charge < -0.3 is 5.32 Å². The second kappa shape index (κ2) is 5.52. The van der Waals surface area contributed by atoms with Gasteiger partial charge in [-0.3, -0.25) is 0 Å². The second-order valence-corrected chi connectivity index (χ2v) is 5.66. The van der Waals surface area contributed by atoms with Crippen LogP contribution < -0.4 is 5.32 Å². The lowest BCUT2D eigenvalue weighted by Gasteiger charge is -2.11. The molecule has 1 N–H and O–H groups in total. The third kappa shape index (κ3) is 2.66. The number of aryl methyl sites for hydroxylation is 1. The van der Waals surface area contributed by atoms with Crippen molar-refractivity contribution in [2.45, 2.75) is 25.8 Å². The zero-order chi connectivity index (χ0) is 11.4. The Morgan fingerprint density at radius 3 is 2.75 bits per heavy atom. The highest BCUT2D eigenvalue weighted by atomic mass is 32.1. The highest BCUT2D eigenvalue weighted by Crippen LogP contribution is 2.24. The summed E-state index contributed by atoms with van der Waals surface area (Å²) in [6.07, 6.45) is 3.99. The molecule has 2 aromatic heterocycles. The fourth-order valence-electron chi connectivity index (χ4n) is 1.60. The number of rotatable bonds is 5. The monoisotopic (exact) mass is 253 g/mol. The molecule has 0 aliphatic carbocycles. The van der Waals surface area contributed by atoms with Crippen LogP contribution in [0, 0.1) is 0 Å². The van der Waals surface area contributed by atoms with Gasteiger partial charge in [-0.05, 0) is 37.1 Å². The molecule has 16 heavy (non-hydrogen) atoms. The first-order valence-electron chi connectivity index (χ1n) is 5.35. The van der Waals surface area contributed by atoms with Crippen LogP contribution >= 0.6 is 22.9 Å². The van der Waals surface area contributed by atoms with Gasteiger partial charge >= 0.3 is 0 Å². The first-order valence-corrected chi connectivity index (χ1v) is 6.94. The fraction of sp³-hybridized carbons (Fsp3) is 0.455. The predicted molar refractivity (Wildman–Crippen MR) is 69.1 cm³/mol. The van der Waals surface area contributed by atoms with E-state index >= 15 is 0 Å². The third-order valence-electron chi connectivity index (χ3n) is 2.54. The van der Waals surface area contributed by atoms with Crippen molar-refractivity contribution >= 4 is 22.9 Å². The summed E-state index contributed by atoms with van der Waals surface area (Å²) < 4.78 is 3.91. The fourth-order valence-corrected chi connectivity index (χ4v) is 3.21. The van der Waals surface area contributed by atoms with Gasteiger partial charge in [0.15, 0.2) is 0 Å². The normalized spacial score (nSPS) is 12.9. The first-order chi connectivity index (χ1) is 7.83. The molecule has 2 rings (SSSR count). The van der Waals surface area contributed by atoms with E-state index < -0.39 is 0 Å². The molecule has 0 aliphatic heterocycles. The molecule has 2 aromatic rings. The molecule has 0 saturated heterocycles. The average molecular weight is 253 g/mol. The number of nitrogens with one attached hydrogen (secondary N) is 1. The smallest absolute Gasteiger partial charge is 0.0669 e. The van der Waals surface area contributed by atoms with E-state index in [4.69, 9.17) is 0 Å². The Balaban J connectivity index is 2.07. The van der Waals surface area contributed by atoms with Gasteiger partial charge in [-0.1, -0.05) is 11.4 Å². The molecular weight excluding hydrogens is 238 g/mol. The standard InChI is InChI=1S/C11H15N3S2/c1-3-8-4-5-9(15-8)6-10(12-2)11-7-13-14-16-11/h4-5,7,10,12H,3,6H2,1-2H3. The van der Waals surface area contributed by atoms with Crippen LogP contribution in [0.4, 0.5) is 0 Å². The van der Waals surface area contributed by atoms with Gasteiger partial charge in [0.2, 0.25) is 0 Å². The second-order valence-electron chi connectivity index (χ2n) is 3.59. The van der Waals surface area contributed by atoms with E-state index in [2.05, 4.69) is 34.0 Å². The maximum absolute atomic E-state index is 3.91. The lowest BCUT2D eigenvalue weighted by molar-refractivity contribution is 0.605. The summed E-state index contributed by atoms with van der Waals surface area (Å²) in [7, 11) is 1.98. The van der Waals surface area contributed by atoms with Crippen LogP contribution in [0.1, 0.15) is 27.6 Å². The molecule has 5 heteroatoms. The van der Waals surface area contributed by atoms with E-state index in [1.165, 1.54) is 26.2 Å². The molecule has 0 radical (unpaired) electrons. The molecule has 0 spiro atoms. The summed E-state index contributed by atoms with van der Waals surface area (Å²) in [5.41, 5.74) is 0. The van der Waals surface area contributed by atoms with Crippen molar-refractivity contribution in [1.29, 1.82) is 0 Å². The van der Waals surface area contributed by atoms with E-state index in [1.807, 2.05) is 24.6 Å². The summed E-state index contributed by atoms with van der Waals surface area (Å²) in [4.78, 5) is 4.07. The number of nitrogens with zero attached hydrogens (tertiary/aromatic N) is 2. The maximum Gasteiger partial charge on any atom is 0.0669 e. The molecule has 0 fully saturated rings. The van der Waals surface area contributed by atoms with Gasteiger partial charge in [0.1, 0.15) is 0 Å². The predicted octanol–water partition coefficient (Wildman–Crippen LogP) is 2.67. The SMILES string of the molecule is CCc1ccc(CC(NC)c2cnns2)s1. The molecule has 2 heterocycles. The molecule has 0 bridgehead atoms. The highest BCUT2D eigenvalue weighted by Gasteiger charge is 2.13. The molecule has 0 aromatic carbocycles. The molecule has 0 aliphatic rings. The average Bonchev–Trinajstić information content (AvgIpc) is 2.96. The van der Waals surface area contributed by atoms with E-state index in [-0.39, 0.29) is 0 Å². The molecule has 1 atom stereocenters. The number of thiophene rings is 1. The minimum atomic E-state index is 0.336. The van der Waals surface area contributed by atoms with Crippen LogP contribution in [0.3, 0.4) is 0 Å². The Labute approximate surface area is 104 Å². The van der Waals surface area contributed by atoms with Gasteiger partial charge in [0.25, 0.3) is 0 Å². The molecule has 0 amide bonds. The molecular formula is C11H15N3S2. The minimum absolute atomic E-state index is 0.336. The van der Waals surface area contributed by atoms with Crippen LogP contribution in [0.25, 0.3) is 0 Å². The van der Waals surface area contributed by atoms with Gasteiger partial charge in [-0.25, -0.2) is 0 Å². The number of hydrogen-bond acceptors (Lipinski definition) is 5. The summed E-state index contributed by atoms with van der Waals surface area (Å²) in [6, 6.07) is 4.78. The van der Waals surface area contributed by atoms with E-state index in [0.717, 1.165) is 12.8 Å². The Morgan fingerprint density at radius 2 is 2.19 bits per heavy atom. The summed E-state index contributed by atoms with van der Waals surface area (Å²) >= 11 is 3.37. The Bertz CT molecular complexity index is 422. The van der Waals surface area contributed by atoms with Crippen molar-refractivity contribution in [3.8, 4) is 0 Å². The minimum Gasteiger partial charge on any atom is -0.312 e. The van der Waals surface area contributed by atoms with Crippen molar-refractivity contribution in [2.75, 3.05) is 7.05 Å². The summed E-state index contributed by atoms with van der Waals surface area (Å²) in [5, 5.41) is 7.20. The van der Waals surface area contributed by atoms with Gasteiger partial charge in [-0.15, -0.1) is 16.4 Å². The first kappa shape index (κ1) is 11.7.